The zero-order chi connectivity index (χ0) is 23.9. The van der Waals surface area contributed by atoms with Gasteiger partial charge in [-0.05, 0) is 55.5 Å². The van der Waals surface area contributed by atoms with Gasteiger partial charge in [0.15, 0.2) is 0 Å². The van der Waals surface area contributed by atoms with Crippen LogP contribution in [-0.2, 0) is 4.79 Å². The van der Waals surface area contributed by atoms with Gasteiger partial charge in [0.1, 0.15) is 0 Å². The van der Waals surface area contributed by atoms with Crippen molar-refractivity contribution in [1.29, 1.82) is 0 Å². The van der Waals surface area contributed by atoms with Gasteiger partial charge in [0, 0.05) is 24.5 Å². The molecule has 1 heterocycles. The van der Waals surface area contributed by atoms with Gasteiger partial charge in [-0.25, -0.2) is 0 Å². The molecule has 2 unspecified atom stereocenters. The minimum absolute atomic E-state index is 0.0633. The lowest BCUT2D eigenvalue weighted by atomic mass is 9.95. The molecule has 34 heavy (non-hydrogen) atoms. The van der Waals surface area contributed by atoms with E-state index in [2.05, 4.69) is 15.5 Å². The van der Waals surface area contributed by atoms with Gasteiger partial charge in [-0.1, -0.05) is 67.6 Å². The number of carbonyl (C=O) groups excluding carboxylic acids is 2. The average molecular weight is 456 g/mol. The first-order valence-electron chi connectivity index (χ1n) is 12.2. The highest BCUT2D eigenvalue weighted by Gasteiger charge is 2.23. The lowest BCUT2D eigenvalue weighted by molar-refractivity contribution is -0.117. The molecule has 5 heteroatoms. The molecule has 5 nitrogen and oxygen atoms in total. The first kappa shape index (κ1) is 23.6. The number of hydrogen-bond donors (Lipinski definition) is 2. The van der Waals surface area contributed by atoms with Crippen LogP contribution in [0.4, 0.5) is 11.4 Å². The number of rotatable bonds is 8. The molecular formula is C29H33N3O2. The molecule has 2 N–H and O–H groups in total. The molecular weight excluding hydrogens is 422 g/mol. The third kappa shape index (κ3) is 5.48. The zero-order valence-corrected chi connectivity index (χ0v) is 20.0. The Bertz CT molecular complexity index is 1110. The highest BCUT2D eigenvalue weighted by Crippen LogP contribution is 2.29. The summed E-state index contributed by atoms with van der Waals surface area (Å²) in [5.41, 5.74) is 4.20. The normalized spacial score (nSPS) is 14.9. The van der Waals surface area contributed by atoms with Gasteiger partial charge < -0.3 is 15.5 Å². The third-order valence-electron chi connectivity index (χ3n) is 6.53. The van der Waals surface area contributed by atoms with E-state index in [4.69, 9.17) is 0 Å². The lowest BCUT2D eigenvalue weighted by Gasteiger charge is -2.23. The van der Waals surface area contributed by atoms with E-state index < -0.39 is 0 Å². The number of nitrogens with one attached hydrogen (secondary N) is 2. The predicted octanol–water partition coefficient (Wildman–Crippen LogP) is 5.91. The van der Waals surface area contributed by atoms with Crippen molar-refractivity contribution in [2.45, 2.75) is 45.1 Å². The van der Waals surface area contributed by atoms with Gasteiger partial charge in [-0.2, -0.15) is 0 Å². The molecule has 1 aliphatic rings. The third-order valence-corrected chi connectivity index (χ3v) is 6.53. The number of benzene rings is 3. The van der Waals surface area contributed by atoms with E-state index in [1.165, 1.54) is 0 Å². The van der Waals surface area contributed by atoms with Gasteiger partial charge in [0.2, 0.25) is 5.91 Å². The van der Waals surface area contributed by atoms with Crippen LogP contribution in [0, 0.1) is 0 Å². The molecule has 4 rings (SSSR count). The van der Waals surface area contributed by atoms with Gasteiger partial charge >= 0.3 is 0 Å². The monoisotopic (exact) mass is 455 g/mol. The molecule has 1 saturated heterocycles. The van der Waals surface area contributed by atoms with Crippen molar-refractivity contribution in [2.24, 2.45) is 0 Å². The van der Waals surface area contributed by atoms with Crippen LogP contribution < -0.4 is 15.5 Å². The second-order valence-corrected chi connectivity index (χ2v) is 8.89. The smallest absolute Gasteiger partial charge is 0.253 e. The fourth-order valence-corrected chi connectivity index (χ4v) is 4.62. The van der Waals surface area contributed by atoms with Crippen LogP contribution in [0.3, 0.4) is 0 Å². The topological polar surface area (TPSA) is 61.4 Å². The fourth-order valence-electron chi connectivity index (χ4n) is 4.62. The summed E-state index contributed by atoms with van der Waals surface area (Å²) in [4.78, 5) is 28.8. The first-order valence-corrected chi connectivity index (χ1v) is 12.2. The summed E-state index contributed by atoms with van der Waals surface area (Å²) in [6.07, 6.45) is 2.94. The second-order valence-electron chi connectivity index (χ2n) is 8.89. The molecule has 1 fully saturated rings. The molecule has 0 bridgehead atoms. The number of nitrogens with zero attached hydrogens (tertiary/aromatic N) is 1. The van der Waals surface area contributed by atoms with E-state index in [0.717, 1.165) is 42.7 Å². The Morgan fingerprint density at radius 1 is 0.882 bits per heavy atom. The molecule has 2 amide bonds. The van der Waals surface area contributed by atoms with E-state index in [1.54, 1.807) is 0 Å². The van der Waals surface area contributed by atoms with Gasteiger partial charge in [0.25, 0.3) is 5.91 Å². The van der Waals surface area contributed by atoms with E-state index in [0.29, 0.717) is 17.7 Å². The van der Waals surface area contributed by atoms with Crippen LogP contribution in [0.1, 0.15) is 66.6 Å². The Balaban J connectivity index is 1.58. The second kappa shape index (κ2) is 11.0. The maximum absolute atomic E-state index is 13.4. The van der Waals surface area contributed by atoms with Crippen molar-refractivity contribution in [3.63, 3.8) is 0 Å². The molecule has 3 aromatic carbocycles. The van der Waals surface area contributed by atoms with E-state index in [1.807, 2.05) is 92.7 Å². The van der Waals surface area contributed by atoms with Crippen molar-refractivity contribution in [3.8, 4) is 0 Å². The average Bonchev–Trinajstić information content (AvgIpc) is 3.40. The quantitative estimate of drug-likeness (QED) is 0.444. The lowest BCUT2D eigenvalue weighted by Crippen LogP contribution is -2.30. The summed E-state index contributed by atoms with van der Waals surface area (Å²) in [5, 5.41) is 6.19. The molecule has 0 aliphatic carbocycles. The number of amides is 2. The highest BCUT2D eigenvalue weighted by molar-refractivity contribution is 6.03. The predicted molar refractivity (Wildman–Crippen MR) is 138 cm³/mol. The van der Waals surface area contributed by atoms with Crippen LogP contribution in [-0.4, -0.2) is 24.9 Å². The minimum Gasteiger partial charge on any atom is -0.371 e. The van der Waals surface area contributed by atoms with E-state index in [-0.39, 0.29) is 23.8 Å². The largest absolute Gasteiger partial charge is 0.371 e. The molecule has 2 atom stereocenters. The Labute approximate surface area is 202 Å². The number of hydrogen-bond acceptors (Lipinski definition) is 3. The first-order chi connectivity index (χ1) is 16.6. The van der Waals surface area contributed by atoms with E-state index >= 15 is 0 Å². The van der Waals surface area contributed by atoms with Gasteiger partial charge in [-0.15, -0.1) is 0 Å². The zero-order valence-electron chi connectivity index (χ0n) is 20.0. The van der Waals surface area contributed by atoms with Crippen molar-refractivity contribution < 1.29 is 9.59 Å². The Morgan fingerprint density at radius 3 is 2.12 bits per heavy atom. The highest BCUT2D eigenvalue weighted by atomic mass is 16.2. The summed E-state index contributed by atoms with van der Waals surface area (Å²) >= 11 is 0. The molecule has 176 valence electrons. The van der Waals surface area contributed by atoms with Crippen LogP contribution >= 0.6 is 0 Å². The molecule has 0 radical (unpaired) electrons. The summed E-state index contributed by atoms with van der Waals surface area (Å²) in [6, 6.07) is 25.3. The Hall–Kier alpha value is -3.60. The maximum atomic E-state index is 13.4. The molecule has 0 aromatic heterocycles. The van der Waals surface area contributed by atoms with Crippen molar-refractivity contribution in [3.05, 3.63) is 95.6 Å². The van der Waals surface area contributed by atoms with Crippen LogP contribution in [0.15, 0.2) is 78.9 Å². The summed E-state index contributed by atoms with van der Waals surface area (Å²) in [7, 11) is 0. The summed E-state index contributed by atoms with van der Waals surface area (Å²) in [6.45, 7) is 5.87. The molecule has 3 aromatic rings. The van der Waals surface area contributed by atoms with Gasteiger partial charge in [0.05, 0.1) is 17.5 Å². The molecule has 0 saturated carbocycles. The summed E-state index contributed by atoms with van der Waals surface area (Å²) < 4.78 is 0. The molecule has 1 aliphatic heterocycles. The standard InChI is InChI=1S/C29H33N3O2/c1-3-25(23-14-8-5-9-15-23)28(33)31-24-16-17-27(32-18-10-11-19-32)26(20-24)29(34)30-21(2)22-12-6-4-7-13-22/h4-9,12-17,20-21,25H,3,10-11,18-19H2,1-2H3,(H,30,34)(H,31,33). The van der Waals surface area contributed by atoms with Gasteiger partial charge in [-0.3, -0.25) is 9.59 Å². The Morgan fingerprint density at radius 2 is 1.50 bits per heavy atom. The van der Waals surface area contributed by atoms with Crippen molar-refractivity contribution >= 4 is 23.2 Å². The fraction of sp³-hybridized carbons (Fsp3) is 0.310. The summed E-state index contributed by atoms with van der Waals surface area (Å²) in [5.74, 6) is -0.439. The SMILES string of the molecule is CCC(C(=O)Nc1ccc(N2CCCC2)c(C(=O)NC(C)c2ccccc2)c1)c1ccccc1. The van der Waals surface area contributed by atoms with Crippen LogP contribution in [0.5, 0.6) is 0 Å². The maximum Gasteiger partial charge on any atom is 0.253 e. The van der Waals surface area contributed by atoms with Crippen LogP contribution in [0.25, 0.3) is 0 Å². The minimum atomic E-state index is -0.241. The van der Waals surface area contributed by atoms with Crippen molar-refractivity contribution in [1.82, 2.24) is 5.32 Å². The Kier molecular flexibility index (Phi) is 7.63. The van der Waals surface area contributed by atoms with E-state index in [9.17, 15) is 9.59 Å². The van der Waals surface area contributed by atoms with Crippen molar-refractivity contribution in [2.75, 3.05) is 23.3 Å². The molecule has 0 spiro atoms. The number of anilines is 2. The van der Waals surface area contributed by atoms with Crippen LogP contribution in [0.2, 0.25) is 0 Å². The number of carbonyl (C=O) groups is 2.